The molecule has 0 N–H and O–H groups in total. The van der Waals surface area contributed by atoms with Gasteiger partial charge < -0.3 is 4.90 Å². The zero-order chi connectivity index (χ0) is 12.8. The van der Waals surface area contributed by atoms with Gasteiger partial charge in [0.2, 0.25) is 0 Å². The van der Waals surface area contributed by atoms with Crippen LogP contribution in [0.2, 0.25) is 0 Å². The number of carbonyl (C=O) groups is 1. The molecule has 1 rings (SSSR count). The van der Waals surface area contributed by atoms with Crippen molar-refractivity contribution in [3.8, 4) is 0 Å². The van der Waals surface area contributed by atoms with Gasteiger partial charge in [-0.3, -0.25) is 9.78 Å². The molecule has 0 spiro atoms. The first kappa shape index (κ1) is 14.0. The summed E-state index contributed by atoms with van der Waals surface area (Å²) in [5.74, 6) is -1.33. The summed E-state index contributed by atoms with van der Waals surface area (Å²) in [6, 6.07) is 0.974. The Kier molecular flexibility index (Phi) is 5.40. The molecule has 0 atom stereocenters. The van der Waals surface area contributed by atoms with Gasteiger partial charge in [0.05, 0.1) is 18.3 Å². The fourth-order valence-electron chi connectivity index (χ4n) is 1.26. The SMILES string of the molecule is O=C(c1cncc(F)c1)N(CCBr)CC(F)F. The molecule has 1 aromatic rings. The topological polar surface area (TPSA) is 33.2 Å². The van der Waals surface area contributed by atoms with Crippen LogP contribution in [-0.2, 0) is 0 Å². The predicted octanol–water partition coefficient (Wildman–Crippen LogP) is 2.32. The molecule has 0 radical (unpaired) electrons. The van der Waals surface area contributed by atoms with E-state index in [0.717, 1.165) is 23.4 Å². The number of aromatic nitrogens is 1. The Labute approximate surface area is 105 Å². The Hall–Kier alpha value is -1.11. The van der Waals surface area contributed by atoms with Crippen molar-refractivity contribution in [2.45, 2.75) is 6.43 Å². The lowest BCUT2D eigenvalue weighted by atomic mass is 10.2. The molecule has 0 saturated carbocycles. The van der Waals surface area contributed by atoms with Crippen LogP contribution < -0.4 is 0 Å². The molecule has 0 aliphatic carbocycles. The predicted molar refractivity (Wildman–Crippen MR) is 59.9 cm³/mol. The maximum Gasteiger partial charge on any atom is 0.255 e. The van der Waals surface area contributed by atoms with E-state index in [1.54, 1.807) is 0 Å². The van der Waals surface area contributed by atoms with E-state index in [2.05, 4.69) is 20.9 Å². The minimum atomic E-state index is -2.63. The fraction of sp³-hybridized carbons (Fsp3) is 0.400. The zero-order valence-electron chi connectivity index (χ0n) is 8.75. The van der Waals surface area contributed by atoms with Gasteiger partial charge in [0.25, 0.3) is 12.3 Å². The average Bonchev–Trinajstić information content (AvgIpc) is 2.27. The van der Waals surface area contributed by atoms with E-state index in [-0.39, 0.29) is 12.1 Å². The number of pyridine rings is 1. The summed E-state index contributed by atoms with van der Waals surface area (Å²) in [5, 5.41) is 0.369. The molecule has 0 bridgehead atoms. The molecule has 1 amide bonds. The Balaban J connectivity index is 2.83. The smallest absolute Gasteiger partial charge is 0.255 e. The highest BCUT2D eigenvalue weighted by Gasteiger charge is 2.19. The molecule has 0 unspecified atom stereocenters. The summed E-state index contributed by atoms with van der Waals surface area (Å²) in [4.78, 5) is 16.2. The van der Waals surface area contributed by atoms with Crippen LogP contribution in [0, 0.1) is 5.82 Å². The van der Waals surface area contributed by atoms with E-state index in [1.165, 1.54) is 0 Å². The summed E-state index contributed by atoms with van der Waals surface area (Å²) < 4.78 is 37.4. The van der Waals surface area contributed by atoms with E-state index in [9.17, 15) is 18.0 Å². The molecule has 1 aromatic heterocycles. The Morgan fingerprint density at radius 3 is 2.71 bits per heavy atom. The summed E-state index contributed by atoms with van der Waals surface area (Å²) in [6.45, 7) is -0.555. The number of carbonyl (C=O) groups excluding carboxylic acids is 1. The van der Waals surface area contributed by atoms with Crippen LogP contribution in [0.4, 0.5) is 13.2 Å². The Bertz CT molecular complexity index is 390. The highest BCUT2D eigenvalue weighted by atomic mass is 79.9. The highest BCUT2D eigenvalue weighted by molar-refractivity contribution is 9.09. The highest BCUT2D eigenvalue weighted by Crippen LogP contribution is 2.08. The molecular formula is C10H10BrF3N2O. The number of halogens is 4. The first-order valence-corrected chi connectivity index (χ1v) is 5.90. The number of alkyl halides is 3. The molecule has 0 fully saturated rings. The normalized spacial score (nSPS) is 10.6. The van der Waals surface area contributed by atoms with Crippen LogP contribution in [0.1, 0.15) is 10.4 Å². The van der Waals surface area contributed by atoms with Gasteiger partial charge in [-0.1, -0.05) is 15.9 Å². The number of amides is 1. The molecule has 1 heterocycles. The molecule has 3 nitrogen and oxygen atoms in total. The van der Waals surface area contributed by atoms with Crippen LogP contribution in [0.5, 0.6) is 0 Å². The lowest BCUT2D eigenvalue weighted by Gasteiger charge is -2.21. The van der Waals surface area contributed by atoms with E-state index in [4.69, 9.17) is 0 Å². The number of nitrogens with zero attached hydrogens (tertiary/aromatic N) is 2. The molecule has 94 valence electrons. The number of hydrogen-bond acceptors (Lipinski definition) is 2. The maximum absolute atomic E-state index is 12.8. The van der Waals surface area contributed by atoms with Crippen LogP contribution in [-0.4, -0.2) is 40.6 Å². The first-order chi connectivity index (χ1) is 8.04. The molecular weight excluding hydrogens is 301 g/mol. The van der Waals surface area contributed by atoms with Gasteiger partial charge in [-0.05, 0) is 6.07 Å². The lowest BCUT2D eigenvalue weighted by Crippen LogP contribution is -2.36. The van der Waals surface area contributed by atoms with Crippen molar-refractivity contribution in [2.24, 2.45) is 0 Å². The first-order valence-electron chi connectivity index (χ1n) is 4.78. The molecule has 0 aliphatic heterocycles. The van der Waals surface area contributed by atoms with Gasteiger partial charge in [0, 0.05) is 18.1 Å². The quantitative estimate of drug-likeness (QED) is 0.782. The van der Waals surface area contributed by atoms with Crippen molar-refractivity contribution < 1.29 is 18.0 Å². The van der Waals surface area contributed by atoms with Gasteiger partial charge in [-0.25, -0.2) is 13.2 Å². The Morgan fingerprint density at radius 2 is 2.18 bits per heavy atom. The largest absolute Gasteiger partial charge is 0.332 e. The monoisotopic (exact) mass is 310 g/mol. The molecule has 7 heteroatoms. The minimum absolute atomic E-state index is 0.0356. The van der Waals surface area contributed by atoms with Crippen LogP contribution >= 0.6 is 15.9 Å². The van der Waals surface area contributed by atoms with E-state index < -0.39 is 24.7 Å². The Morgan fingerprint density at radius 1 is 1.47 bits per heavy atom. The van der Waals surface area contributed by atoms with Crippen LogP contribution in [0.25, 0.3) is 0 Å². The minimum Gasteiger partial charge on any atom is -0.332 e. The summed E-state index contributed by atoms with van der Waals surface area (Å²) in [7, 11) is 0. The standard InChI is InChI=1S/C10H10BrF3N2O/c11-1-2-16(6-9(13)14)10(17)7-3-8(12)5-15-4-7/h3-5,9H,1-2,6H2. The van der Waals surface area contributed by atoms with Gasteiger partial charge >= 0.3 is 0 Å². The van der Waals surface area contributed by atoms with Crippen LogP contribution in [0.3, 0.4) is 0 Å². The average molecular weight is 311 g/mol. The summed E-state index contributed by atoms with van der Waals surface area (Å²) in [5.41, 5.74) is -0.0356. The van der Waals surface area contributed by atoms with Crippen molar-refractivity contribution >= 4 is 21.8 Å². The van der Waals surface area contributed by atoms with Crippen LogP contribution in [0.15, 0.2) is 18.5 Å². The van der Waals surface area contributed by atoms with Gasteiger partial charge in [0.1, 0.15) is 5.82 Å². The zero-order valence-corrected chi connectivity index (χ0v) is 10.3. The summed E-state index contributed by atoms with van der Waals surface area (Å²) in [6.07, 6.45) is -0.531. The third kappa shape index (κ3) is 4.33. The third-order valence-electron chi connectivity index (χ3n) is 1.95. The van der Waals surface area contributed by atoms with Crippen molar-refractivity contribution in [3.05, 3.63) is 29.8 Å². The molecule has 0 aromatic carbocycles. The lowest BCUT2D eigenvalue weighted by molar-refractivity contribution is 0.0571. The fourth-order valence-corrected chi connectivity index (χ4v) is 1.68. The molecule has 0 aliphatic rings. The molecule has 17 heavy (non-hydrogen) atoms. The van der Waals surface area contributed by atoms with Crippen molar-refractivity contribution in [3.63, 3.8) is 0 Å². The third-order valence-corrected chi connectivity index (χ3v) is 2.31. The van der Waals surface area contributed by atoms with Crippen molar-refractivity contribution in [1.82, 2.24) is 9.88 Å². The van der Waals surface area contributed by atoms with Crippen molar-refractivity contribution in [2.75, 3.05) is 18.4 Å². The van der Waals surface area contributed by atoms with Gasteiger partial charge in [-0.15, -0.1) is 0 Å². The maximum atomic E-state index is 12.8. The van der Waals surface area contributed by atoms with Gasteiger partial charge in [-0.2, -0.15) is 0 Å². The van der Waals surface area contributed by atoms with Crippen molar-refractivity contribution in [1.29, 1.82) is 0 Å². The van der Waals surface area contributed by atoms with E-state index in [1.807, 2.05) is 0 Å². The second-order valence-electron chi connectivity index (χ2n) is 3.22. The van der Waals surface area contributed by atoms with E-state index in [0.29, 0.717) is 5.33 Å². The summed E-state index contributed by atoms with van der Waals surface area (Å²) >= 11 is 3.07. The molecule has 0 saturated heterocycles. The second kappa shape index (κ2) is 6.58. The van der Waals surface area contributed by atoms with Gasteiger partial charge in [0.15, 0.2) is 0 Å². The number of rotatable bonds is 5. The second-order valence-corrected chi connectivity index (χ2v) is 4.02. The number of hydrogen-bond donors (Lipinski definition) is 0. The van der Waals surface area contributed by atoms with E-state index >= 15 is 0 Å².